The molecule has 0 fully saturated rings. The number of nitrogens with one attached hydrogen (secondary N) is 1. The highest BCUT2D eigenvalue weighted by atomic mass is 35.5. The third-order valence-corrected chi connectivity index (χ3v) is 6.81. The van der Waals surface area contributed by atoms with Crippen LogP contribution in [0.15, 0.2) is 24.3 Å². The van der Waals surface area contributed by atoms with Crippen molar-refractivity contribution in [3.63, 3.8) is 0 Å². The zero-order chi connectivity index (χ0) is 21.2. The lowest BCUT2D eigenvalue weighted by Crippen LogP contribution is -2.26. The molecule has 0 spiro atoms. The lowest BCUT2D eigenvalue weighted by molar-refractivity contribution is -0.118. The molecule has 0 radical (unpaired) electrons. The second-order valence-electron chi connectivity index (χ2n) is 8.27. The Labute approximate surface area is 180 Å². The van der Waals surface area contributed by atoms with Gasteiger partial charge in [-0.05, 0) is 48.3 Å². The largest absolute Gasteiger partial charge is 0.482 e. The molecule has 0 saturated heterocycles. The quantitative estimate of drug-likeness (QED) is 0.642. The molecule has 1 aliphatic carbocycles. The Bertz CT molecular complexity index is 916. The Kier molecular flexibility index (Phi) is 6.54. The number of thiophene rings is 1. The zero-order valence-corrected chi connectivity index (χ0v) is 18.7. The van der Waals surface area contributed by atoms with Crippen LogP contribution in [0.1, 0.15) is 48.0 Å². The molecule has 1 N–H and O–H groups in total. The number of methoxy groups -OCH3 is 1. The van der Waals surface area contributed by atoms with Gasteiger partial charge in [-0.15, -0.1) is 11.3 Å². The van der Waals surface area contributed by atoms with E-state index in [0.29, 0.717) is 27.3 Å². The van der Waals surface area contributed by atoms with Crippen molar-refractivity contribution in [3.8, 4) is 5.75 Å². The number of fused-ring (bicyclic) bond motifs is 1. The Morgan fingerprint density at radius 3 is 2.66 bits per heavy atom. The van der Waals surface area contributed by atoms with Gasteiger partial charge in [0.1, 0.15) is 10.8 Å². The highest BCUT2D eigenvalue weighted by Gasteiger charge is 2.34. The van der Waals surface area contributed by atoms with Gasteiger partial charge in [0, 0.05) is 4.88 Å². The molecule has 1 atom stereocenters. The Hall–Kier alpha value is -2.05. The maximum absolute atomic E-state index is 12.5. The molecule has 0 saturated carbocycles. The highest BCUT2D eigenvalue weighted by Crippen LogP contribution is 2.44. The predicted molar refractivity (Wildman–Crippen MR) is 116 cm³/mol. The summed E-state index contributed by atoms with van der Waals surface area (Å²) < 4.78 is 10.5. The van der Waals surface area contributed by atoms with Crippen LogP contribution in [-0.4, -0.2) is 25.6 Å². The predicted octanol–water partition coefficient (Wildman–Crippen LogP) is 5.36. The molecule has 7 heteroatoms. The molecule has 1 aliphatic rings. The summed E-state index contributed by atoms with van der Waals surface area (Å²) in [5.41, 5.74) is 1.68. The van der Waals surface area contributed by atoms with Crippen LogP contribution >= 0.6 is 22.9 Å². The van der Waals surface area contributed by atoms with E-state index in [9.17, 15) is 9.59 Å². The van der Waals surface area contributed by atoms with Crippen LogP contribution in [0.2, 0.25) is 5.02 Å². The summed E-state index contributed by atoms with van der Waals surface area (Å²) in [6.07, 6.45) is 2.73. The standard InChI is InChI=1S/C22H26ClNO4S/c1-22(2,3)13-9-10-14-17(11-13)29-20(19(14)21(26)27-4)24-18(25)12-28-16-8-6-5-7-15(16)23/h5-8,13H,9-12H2,1-4H3,(H,24,25)/t13-/m1/s1. The molecule has 1 heterocycles. The van der Waals surface area contributed by atoms with Gasteiger partial charge in [0.2, 0.25) is 0 Å². The van der Waals surface area contributed by atoms with Gasteiger partial charge in [0.05, 0.1) is 17.7 Å². The maximum Gasteiger partial charge on any atom is 0.341 e. The van der Waals surface area contributed by atoms with E-state index >= 15 is 0 Å². The van der Waals surface area contributed by atoms with Gasteiger partial charge in [-0.2, -0.15) is 0 Å². The van der Waals surface area contributed by atoms with Crippen molar-refractivity contribution >= 4 is 39.8 Å². The van der Waals surface area contributed by atoms with E-state index < -0.39 is 5.97 Å². The van der Waals surface area contributed by atoms with Gasteiger partial charge in [-0.25, -0.2) is 4.79 Å². The van der Waals surface area contributed by atoms with Crippen molar-refractivity contribution in [1.82, 2.24) is 0 Å². The number of hydrogen-bond donors (Lipinski definition) is 1. The number of carbonyl (C=O) groups is 2. The lowest BCUT2D eigenvalue weighted by Gasteiger charge is -2.33. The number of anilines is 1. The highest BCUT2D eigenvalue weighted by molar-refractivity contribution is 7.17. The topological polar surface area (TPSA) is 64.6 Å². The van der Waals surface area contributed by atoms with Gasteiger partial charge in [-0.3, -0.25) is 4.79 Å². The number of ether oxygens (including phenoxy) is 2. The SMILES string of the molecule is COC(=O)c1c(NC(=O)COc2ccccc2Cl)sc2c1CC[C@@H](C(C)(C)C)C2. The molecular formula is C22H26ClNO4S. The van der Waals surface area contributed by atoms with Crippen LogP contribution in [0.25, 0.3) is 0 Å². The number of benzene rings is 1. The van der Waals surface area contributed by atoms with Crippen LogP contribution in [0.3, 0.4) is 0 Å². The van der Waals surface area contributed by atoms with E-state index in [1.807, 2.05) is 0 Å². The molecule has 2 aromatic rings. The van der Waals surface area contributed by atoms with Gasteiger partial charge in [-0.1, -0.05) is 44.5 Å². The van der Waals surface area contributed by atoms with Crippen LogP contribution in [0.4, 0.5) is 5.00 Å². The lowest BCUT2D eigenvalue weighted by atomic mass is 9.72. The molecule has 1 aromatic heterocycles. The number of amides is 1. The monoisotopic (exact) mass is 435 g/mol. The van der Waals surface area contributed by atoms with Crippen LogP contribution in [0, 0.1) is 11.3 Å². The van der Waals surface area contributed by atoms with Gasteiger partial charge < -0.3 is 14.8 Å². The van der Waals surface area contributed by atoms with Crippen molar-refractivity contribution in [3.05, 3.63) is 45.3 Å². The fourth-order valence-corrected chi connectivity index (χ4v) is 5.12. The van der Waals surface area contributed by atoms with Gasteiger partial charge in [0.25, 0.3) is 5.91 Å². The van der Waals surface area contributed by atoms with Crippen LogP contribution in [-0.2, 0) is 22.4 Å². The van der Waals surface area contributed by atoms with Gasteiger partial charge in [0.15, 0.2) is 6.61 Å². The summed E-state index contributed by atoms with van der Waals surface area (Å²) in [4.78, 5) is 26.1. The third-order valence-electron chi connectivity index (χ3n) is 5.33. The second-order valence-corrected chi connectivity index (χ2v) is 9.78. The smallest absolute Gasteiger partial charge is 0.341 e. The first-order chi connectivity index (χ1) is 13.7. The first-order valence-corrected chi connectivity index (χ1v) is 10.8. The first-order valence-electron chi connectivity index (χ1n) is 9.60. The summed E-state index contributed by atoms with van der Waals surface area (Å²) in [5, 5.41) is 3.81. The minimum Gasteiger partial charge on any atom is -0.482 e. The summed E-state index contributed by atoms with van der Waals surface area (Å²) in [5.74, 6) is 0.210. The minimum absolute atomic E-state index is 0.194. The normalized spacial score (nSPS) is 16.1. The molecular weight excluding hydrogens is 410 g/mol. The van der Waals surface area contributed by atoms with Crippen LogP contribution < -0.4 is 10.1 Å². The molecule has 1 aromatic carbocycles. The third kappa shape index (κ3) is 4.93. The Morgan fingerprint density at radius 1 is 1.28 bits per heavy atom. The molecule has 0 unspecified atom stereocenters. The van der Waals surface area contributed by atoms with E-state index in [1.54, 1.807) is 24.3 Å². The molecule has 3 rings (SSSR count). The summed E-state index contributed by atoms with van der Waals surface area (Å²) in [7, 11) is 1.36. The number of halogens is 1. The molecule has 29 heavy (non-hydrogen) atoms. The molecule has 0 bridgehead atoms. The molecule has 5 nitrogen and oxygen atoms in total. The molecule has 156 valence electrons. The van der Waals surface area contributed by atoms with Crippen molar-refractivity contribution in [2.75, 3.05) is 19.0 Å². The van der Waals surface area contributed by atoms with Crippen molar-refractivity contribution < 1.29 is 19.1 Å². The minimum atomic E-state index is -0.418. The Morgan fingerprint density at radius 2 is 2.00 bits per heavy atom. The van der Waals surface area contributed by atoms with Crippen molar-refractivity contribution in [1.29, 1.82) is 0 Å². The van der Waals surface area contributed by atoms with Crippen LogP contribution in [0.5, 0.6) is 5.75 Å². The maximum atomic E-state index is 12.5. The molecule has 1 amide bonds. The average molecular weight is 436 g/mol. The zero-order valence-electron chi connectivity index (χ0n) is 17.1. The number of para-hydroxylation sites is 1. The average Bonchev–Trinajstić information content (AvgIpc) is 3.03. The summed E-state index contributed by atoms with van der Waals surface area (Å²) >= 11 is 7.52. The number of rotatable bonds is 5. The van der Waals surface area contributed by atoms with Crippen molar-refractivity contribution in [2.24, 2.45) is 11.3 Å². The fraction of sp³-hybridized carbons (Fsp3) is 0.455. The van der Waals surface area contributed by atoms with Gasteiger partial charge >= 0.3 is 5.97 Å². The number of hydrogen-bond acceptors (Lipinski definition) is 5. The van der Waals surface area contributed by atoms with E-state index in [4.69, 9.17) is 21.1 Å². The van der Waals surface area contributed by atoms with E-state index in [-0.39, 0.29) is 17.9 Å². The Balaban J connectivity index is 1.78. The summed E-state index contributed by atoms with van der Waals surface area (Å²) in [6.45, 7) is 6.53. The summed E-state index contributed by atoms with van der Waals surface area (Å²) in [6, 6.07) is 6.97. The number of esters is 1. The fourth-order valence-electron chi connectivity index (χ4n) is 3.60. The van der Waals surface area contributed by atoms with E-state index in [1.165, 1.54) is 18.4 Å². The van der Waals surface area contributed by atoms with E-state index in [0.717, 1.165) is 29.7 Å². The molecule has 0 aliphatic heterocycles. The first kappa shape index (κ1) is 21.7. The van der Waals surface area contributed by atoms with E-state index in [2.05, 4.69) is 26.1 Å². The van der Waals surface area contributed by atoms with Crippen molar-refractivity contribution in [2.45, 2.75) is 40.0 Å². The second kappa shape index (κ2) is 8.76. The number of carbonyl (C=O) groups excluding carboxylic acids is 2.